The molecule has 0 aliphatic heterocycles. The van der Waals surface area contributed by atoms with Crippen molar-refractivity contribution in [1.29, 1.82) is 0 Å². The zero-order valence-corrected chi connectivity index (χ0v) is 27.2. The van der Waals surface area contributed by atoms with Gasteiger partial charge in [-0.1, -0.05) is 58.4 Å². The van der Waals surface area contributed by atoms with Crippen molar-refractivity contribution in [3.8, 4) is 11.5 Å². The van der Waals surface area contributed by atoms with E-state index in [2.05, 4.69) is 21.2 Å². The third kappa shape index (κ3) is 9.22. The molecule has 1 unspecified atom stereocenters. The summed E-state index contributed by atoms with van der Waals surface area (Å²) in [4.78, 5) is 29.5. The normalized spacial score (nSPS) is 12.3. The summed E-state index contributed by atoms with van der Waals surface area (Å²) in [7, 11) is -1.00. The molecule has 3 aromatic rings. The number of anilines is 1. The Morgan fingerprint density at radius 1 is 0.905 bits per heavy atom. The van der Waals surface area contributed by atoms with Crippen LogP contribution in [0.25, 0.3) is 0 Å². The highest BCUT2D eigenvalue weighted by atomic mass is 79.9. The average molecular weight is 661 g/mol. The molecule has 226 valence electrons. The Bertz CT molecular complexity index is 1490. The number of ether oxygens (including phenoxy) is 2. The first-order valence-corrected chi connectivity index (χ1v) is 16.0. The third-order valence-corrected chi connectivity index (χ3v) is 7.98. The molecule has 9 nitrogen and oxygen atoms in total. The van der Waals surface area contributed by atoms with Crippen LogP contribution in [0.2, 0.25) is 0 Å². The van der Waals surface area contributed by atoms with E-state index in [9.17, 15) is 18.0 Å². The van der Waals surface area contributed by atoms with Crippen LogP contribution in [0.5, 0.6) is 11.5 Å². The summed E-state index contributed by atoms with van der Waals surface area (Å²) in [5, 5.41) is 3.01. The molecule has 0 aromatic heterocycles. The molecule has 0 saturated heterocycles. The molecule has 1 N–H and O–H groups in total. The standard InChI is InChI=1S/C31H38BrN3O6S/c1-31(2,3)33-30(37)26(18-22-11-8-7-9-12-22)34(20-23-13-10-14-24(32)17-23)29(36)21-35(42(6,38)39)25-15-16-27(40-4)28(19-25)41-5/h7-17,19,26H,18,20-21H2,1-6H3,(H,33,37). The number of benzene rings is 3. The van der Waals surface area contributed by atoms with E-state index in [-0.39, 0.29) is 24.6 Å². The molecule has 3 rings (SSSR count). The lowest BCUT2D eigenvalue weighted by Gasteiger charge is -2.35. The molecule has 0 fully saturated rings. The van der Waals surface area contributed by atoms with E-state index in [1.807, 2.05) is 75.4 Å². The number of nitrogens with zero attached hydrogens (tertiary/aromatic N) is 2. The number of carbonyl (C=O) groups excluding carboxylic acids is 2. The van der Waals surface area contributed by atoms with Gasteiger partial charge in [0.05, 0.1) is 26.2 Å². The molecule has 0 spiro atoms. The van der Waals surface area contributed by atoms with Gasteiger partial charge in [0.15, 0.2) is 11.5 Å². The molecule has 1 atom stereocenters. The number of rotatable bonds is 12. The van der Waals surface area contributed by atoms with Crippen LogP contribution in [-0.4, -0.2) is 63.7 Å². The van der Waals surface area contributed by atoms with Crippen LogP contribution in [0.1, 0.15) is 31.9 Å². The molecule has 0 aliphatic carbocycles. The van der Waals surface area contributed by atoms with Gasteiger partial charge in [0.2, 0.25) is 21.8 Å². The number of sulfonamides is 1. The fraction of sp³-hybridized carbons (Fsp3) is 0.355. The predicted octanol–water partition coefficient (Wildman–Crippen LogP) is 4.79. The van der Waals surface area contributed by atoms with Crippen LogP contribution < -0.4 is 19.1 Å². The second-order valence-corrected chi connectivity index (χ2v) is 13.7. The van der Waals surface area contributed by atoms with Crippen LogP contribution in [-0.2, 0) is 32.6 Å². The molecule has 11 heteroatoms. The number of nitrogens with one attached hydrogen (secondary N) is 1. The number of hydrogen-bond acceptors (Lipinski definition) is 6. The lowest BCUT2D eigenvalue weighted by molar-refractivity contribution is -0.140. The first-order chi connectivity index (χ1) is 19.7. The van der Waals surface area contributed by atoms with Crippen LogP contribution in [0.4, 0.5) is 5.69 Å². The van der Waals surface area contributed by atoms with Crippen molar-refractivity contribution in [1.82, 2.24) is 10.2 Å². The van der Waals surface area contributed by atoms with Crippen LogP contribution in [0.15, 0.2) is 77.3 Å². The summed E-state index contributed by atoms with van der Waals surface area (Å²) in [5.74, 6) is -0.153. The quantitative estimate of drug-likeness (QED) is 0.300. The number of methoxy groups -OCH3 is 2. The van der Waals surface area contributed by atoms with Gasteiger partial charge in [-0.15, -0.1) is 0 Å². The molecule has 0 saturated carbocycles. The van der Waals surface area contributed by atoms with E-state index < -0.39 is 34.1 Å². The van der Waals surface area contributed by atoms with Gasteiger partial charge in [-0.2, -0.15) is 0 Å². The molecule has 0 heterocycles. The Morgan fingerprint density at radius 3 is 2.12 bits per heavy atom. The Balaban J connectivity index is 2.10. The van der Waals surface area contributed by atoms with Crippen molar-refractivity contribution in [3.05, 3.63) is 88.4 Å². The second-order valence-electron chi connectivity index (χ2n) is 10.9. The Labute approximate surface area is 257 Å². The molecule has 42 heavy (non-hydrogen) atoms. The van der Waals surface area contributed by atoms with Crippen molar-refractivity contribution in [2.45, 2.75) is 45.3 Å². The number of carbonyl (C=O) groups is 2. The summed E-state index contributed by atoms with van der Waals surface area (Å²) in [6.07, 6.45) is 1.27. The maximum absolute atomic E-state index is 14.2. The zero-order chi connectivity index (χ0) is 31.1. The van der Waals surface area contributed by atoms with Crippen LogP contribution in [0, 0.1) is 0 Å². The Morgan fingerprint density at radius 2 is 1.55 bits per heavy atom. The predicted molar refractivity (Wildman–Crippen MR) is 168 cm³/mol. The van der Waals surface area contributed by atoms with Crippen LogP contribution in [0.3, 0.4) is 0 Å². The summed E-state index contributed by atoms with van der Waals surface area (Å²) >= 11 is 3.48. The highest BCUT2D eigenvalue weighted by molar-refractivity contribution is 9.10. The smallest absolute Gasteiger partial charge is 0.244 e. The average Bonchev–Trinajstić information content (AvgIpc) is 2.92. The molecule has 2 amide bonds. The lowest BCUT2D eigenvalue weighted by Crippen LogP contribution is -2.56. The van der Waals surface area contributed by atoms with Gasteiger partial charge in [-0.05, 0) is 56.2 Å². The fourth-order valence-corrected chi connectivity index (χ4v) is 5.72. The molecule has 3 aromatic carbocycles. The molecule has 0 aliphatic rings. The molecule has 0 radical (unpaired) electrons. The summed E-state index contributed by atoms with van der Waals surface area (Å²) in [5.41, 5.74) is 1.30. The summed E-state index contributed by atoms with van der Waals surface area (Å²) < 4.78 is 38.5. The minimum Gasteiger partial charge on any atom is -0.493 e. The highest BCUT2D eigenvalue weighted by Gasteiger charge is 2.34. The topological polar surface area (TPSA) is 105 Å². The van der Waals surface area contributed by atoms with Crippen molar-refractivity contribution in [3.63, 3.8) is 0 Å². The van der Waals surface area contributed by atoms with E-state index in [1.165, 1.54) is 25.2 Å². The van der Waals surface area contributed by atoms with Crippen molar-refractivity contribution in [2.75, 3.05) is 31.3 Å². The van der Waals surface area contributed by atoms with E-state index in [0.717, 1.165) is 26.2 Å². The van der Waals surface area contributed by atoms with Gasteiger partial charge in [0, 0.05) is 29.0 Å². The summed E-state index contributed by atoms with van der Waals surface area (Å²) in [6, 6.07) is 20.5. The minimum absolute atomic E-state index is 0.0802. The summed E-state index contributed by atoms with van der Waals surface area (Å²) in [6.45, 7) is 5.15. The van der Waals surface area contributed by atoms with Gasteiger partial charge in [-0.3, -0.25) is 13.9 Å². The maximum Gasteiger partial charge on any atom is 0.244 e. The first kappa shape index (κ1) is 32.9. The van der Waals surface area contributed by atoms with E-state index in [0.29, 0.717) is 11.5 Å². The van der Waals surface area contributed by atoms with Gasteiger partial charge >= 0.3 is 0 Å². The minimum atomic E-state index is -3.92. The van der Waals surface area contributed by atoms with Crippen molar-refractivity contribution in [2.24, 2.45) is 0 Å². The highest BCUT2D eigenvalue weighted by Crippen LogP contribution is 2.32. The van der Waals surface area contributed by atoms with Gasteiger partial charge in [0.25, 0.3) is 0 Å². The van der Waals surface area contributed by atoms with E-state index in [1.54, 1.807) is 12.1 Å². The molecular formula is C31H38BrN3O6S. The number of hydrogen-bond donors (Lipinski definition) is 1. The lowest BCUT2D eigenvalue weighted by atomic mass is 10.0. The first-order valence-electron chi connectivity index (χ1n) is 13.3. The van der Waals surface area contributed by atoms with Gasteiger partial charge in [0.1, 0.15) is 12.6 Å². The van der Waals surface area contributed by atoms with Crippen LogP contribution >= 0.6 is 15.9 Å². The second kappa shape index (κ2) is 14.1. The molecular weight excluding hydrogens is 622 g/mol. The van der Waals surface area contributed by atoms with Crippen molar-refractivity contribution >= 4 is 43.5 Å². The Kier molecular flexibility index (Phi) is 11.0. The third-order valence-electron chi connectivity index (χ3n) is 6.35. The van der Waals surface area contributed by atoms with Crippen molar-refractivity contribution < 1.29 is 27.5 Å². The van der Waals surface area contributed by atoms with Gasteiger partial charge < -0.3 is 19.7 Å². The van der Waals surface area contributed by atoms with E-state index in [4.69, 9.17) is 9.47 Å². The monoisotopic (exact) mass is 659 g/mol. The zero-order valence-electron chi connectivity index (χ0n) is 24.8. The number of amides is 2. The molecule has 0 bridgehead atoms. The Hall–Kier alpha value is -3.57. The van der Waals surface area contributed by atoms with E-state index >= 15 is 0 Å². The number of halogens is 1. The SMILES string of the molecule is COc1ccc(N(CC(=O)N(Cc2cccc(Br)c2)C(Cc2ccccc2)C(=O)NC(C)(C)C)S(C)(=O)=O)cc1OC. The largest absolute Gasteiger partial charge is 0.493 e. The van der Waals surface area contributed by atoms with Gasteiger partial charge in [-0.25, -0.2) is 8.42 Å². The fourth-order valence-electron chi connectivity index (χ4n) is 4.43. The maximum atomic E-state index is 14.2.